The molecule has 2 aromatic rings. The van der Waals surface area contributed by atoms with Gasteiger partial charge in [-0.3, -0.25) is 4.79 Å². The Hall–Kier alpha value is -1.82. The van der Waals surface area contributed by atoms with Gasteiger partial charge >= 0.3 is 5.63 Å². The number of hydrogen-bond acceptors (Lipinski definition) is 4. The maximum Gasteiger partial charge on any atom is 0.349 e. The Bertz CT molecular complexity index is 830. The lowest BCUT2D eigenvalue weighted by Crippen LogP contribution is -2.44. The number of amides is 1. The Labute approximate surface area is 148 Å². The van der Waals surface area contributed by atoms with Crippen LogP contribution in [0, 0.1) is 0 Å². The summed E-state index contributed by atoms with van der Waals surface area (Å²) >= 11 is 3.41. The van der Waals surface area contributed by atoms with Crippen LogP contribution in [0.3, 0.4) is 0 Å². The average Bonchev–Trinajstić information content (AvgIpc) is 2.60. The molecule has 1 atom stereocenters. The predicted molar refractivity (Wildman–Crippen MR) is 95.7 cm³/mol. The van der Waals surface area contributed by atoms with Gasteiger partial charge in [-0.1, -0.05) is 22.9 Å². The topological polar surface area (TPSA) is 59.8 Å². The number of carbonyl (C=O) groups is 1. The molecule has 3 rings (SSSR count). The molecule has 1 aliphatic rings. The van der Waals surface area contributed by atoms with E-state index >= 15 is 0 Å². The van der Waals surface area contributed by atoms with Crippen molar-refractivity contribution < 1.29 is 13.9 Å². The van der Waals surface area contributed by atoms with Crippen LogP contribution in [0.25, 0.3) is 11.0 Å². The van der Waals surface area contributed by atoms with E-state index in [1.165, 1.54) is 7.11 Å². The maximum atomic E-state index is 12.9. The van der Waals surface area contributed by atoms with Gasteiger partial charge < -0.3 is 14.1 Å². The Morgan fingerprint density at radius 3 is 2.88 bits per heavy atom. The van der Waals surface area contributed by atoms with Crippen LogP contribution in [-0.2, 0) is 0 Å². The second-order valence-corrected chi connectivity index (χ2v) is 6.95. The van der Waals surface area contributed by atoms with Gasteiger partial charge in [0.2, 0.25) is 0 Å². The molecule has 1 aromatic heterocycles. The zero-order valence-corrected chi connectivity index (χ0v) is 15.4. The van der Waals surface area contributed by atoms with Crippen LogP contribution in [-0.4, -0.2) is 30.5 Å². The highest BCUT2D eigenvalue weighted by atomic mass is 79.9. The van der Waals surface area contributed by atoms with Gasteiger partial charge in [-0.25, -0.2) is 4.79 Å². The molecule has 1 fully saturated rings. The average molecular weight is 394 g/mol. The van der Waals surface area contributed by atoms with Crippen molar-refractivity contribution in [1.82, 2.24) is 4.90 Å². The first-order chi connectivity index (χ1) is 11.5. The van der Waals surface area contributed by atoms with E-state index < -0.39 is 5.63 Å². The van der Waals surface area contributed by atoms with E-state index in [9.17, 15) is 9.59 Å². The van der Waals surface area contributed by atoms with Crippen molar-refractivity contribution in [3.8, 4) is 5.75 Å². The van der Waals surface area contributed by atoms with Gasteiger partial charge in [-0.2, -0.15) is 0 Å². The molecule has 1 aliphatic heterocycles. The van der Waals surface area contributed by atoms with Crippen LogP contribution in [0.1, 0.15) is 43.0 Å². The zero-order valence-electron chi connectivity index (χ0n) is 13.8. The molecule has 0 saturated carbocycles. The standard InChI is InChI=1S/C18H20BrNO4/c1-3-13-6-4-5-7-20(13)17(21)14-9-11-8-12(19)10-15(23-2)16(11)24-18(14)22/h8-10,13H,3-7H2,1-2H3. The Balaban J connectivity index is 2.07. The fraction of sp³-hybridized carbons (Fsp3) is 0.444. The van der Waals surface area contributed by atoms with Crippen LogP contribution >= 0.6 is 15.9 Å². The highest BCUT2D eigenvalue weighted by Crippen LogP contribution is 2.30. The van der Waals surface area contributed by atoms with Crippen LogP contribution in [0.15, 0.2) is 31.9 Å². The van der Waals surface area contributed by atoms with E-state index in [4.69, 9.17) is 9.15 Å². The van der Waals surface area contributed by atoms with Gasteiger partial charge in [0.1, 0.15) is 5.56 Å². The SMILES string of the molecule is CCC1CCCCN1C(=O)c1cc2cc(Br)cc(OC)c2oc1=O. The van der Waals surface area contributed by atoms with Crippen LogP contribution in [0.5, 0.6) is 5.75 Å². The summed E-state index contributed by atoms with van der Waals surface area (Å²) in [5.74, 6) is 0.219. The molecule has 0 aliphatic carbocycles. The van der Waals surface area contributed by atoms with E-state index in [0.29, 0.717) is 23.3 Å². The van der Waals surface area contributed by atoms with E-state index in [2.05, 4.69) is 22.9 Å². The number of halogens is 1. The van der Waals surface area contributed by atoms with Gasteiger partial charge in [-0.15, -0.1) is 0 Å². The second-order valence-electron chi connectivity index (χ2n) is 6.03. The van der Waals surface area contributed by atoms with E-state index in [0.717, 1.165) is 30.2 Å². The summed E-state index contributed by atoms with van der Waals surface area (Å²) in [7, 11) is 1.51. The molecule has 0 radical (unpaired) electrons. The Kier molecular flexibility index (Phi) is 4.94. The normalized spacial score (nSPS) is 18.0. The number of methoxy groups -OCH3 is 1. The third-order valence-electron chi connectivity index (χ3n) is 4.57. The fourth-order valence-corrected chi connectivity index (χ4v) is 3.77. The van der Waals surface area contributed by atoms with Crippen molar-refractivity contribution in [2.24, 2.45) is 0 Å². The maximum absolute atomic E-state index is 12.9. The first-order valence-electron chi connectivity index (χ1n) is 8.17. The molecule has 5 nitrogen and oxygen atoms in total. The number of likely N-dealkylation sites (tertiary alicyclic amines) is 1. The minimum atomic E-state index is -0.617. The van der Waals surface area contributed by atoms with Crippen molar-refractivity contribution >= 4 is 32.8 Å². The largest absolute Gasteiger partial charge is 0.493 e. The van der Waals surface area contributed by atoms with Crippen LogP contribution < -0.4 is 10.4 Å². The summed E-state index contributed by atoms with van der Waals surface area (Å²) in [5, 5.41) is 0.661. The van der Waals surface area contributed by atoms with Gasteiger partial charge in [0.05, 0.1) is 7.11 Å². The molecule has 128 valence electrons. The molecule has 24 heavy (non-hydrogen) atoms. The predicted octanol–water partition coefficient (Wildman–Crippen LogP) is 3.97. The summed E-state index contributed by atoms with van der Waals surface area (Å²) < 4.78 is 11.5. The smallest absolute Gasteiger partial charge is 0.349 e. The monoisotopic (exact) mass is 393 g/mol. The summed E-state index contributed by atoms with van der Waals surface area (Å²) in [6.07, 6.45) is 3.98. The van der Waals surface area contributed by atoms with Crippen molar-refractivity contribution in [2.45, 2.75) is 38.6 Å². The van der Waals surface area contributed by atoms with Crippen LogP contribution in [0.2, 0.25) is 0 Å². The van der Waals surface area contributed by atoms with Gasteiger partial charge in [0.15, 0.2) is 11.3 Å². The summed E-state index contributed by atoms with van der Waals surface area (Å²) in [6, 6.07) is 5.34. The molecule has 6 heteroatoms. The molecule has 1 aromatic carbocycles. The minimum Gasteiger partial charge on any atom is -0.493 e. The van der Waals surface area contributed by atoms with E-state index in [1.54, 1.807) is 12.1 Å². The van der Waals surface area contributed by atoms with Crippen molar-refractivity contribution in [3.63, 3.8) is 0 Å². The number of carbonyl (C=O) groups excluding carboxylic acids is 1. The quantitative estimate of drug-likeness (QED) is 0.740. The Morgan fingerprint density at radius 1 is 1.38 bits per heavy atom. The van der Waals surface area contributed by atoms with Crippen molar-refractivity contribution in [2.75, 3.05) is 13.7 Å². The number of piperidine rings is 1. The summed E-state index contributed by atoms with van der Waals surface area (Å²) in [4.78, 5) is 27.1. The highest BCUT2D eigenvalue weighted by molar-refractivity contribution is 9.10. The van der Waals surface area contributed by atoms with Gasteiger partial charge in [0, 0.05) is 22.4 Å². The number of rotatable bonds is 3. The molecular weight excluding hydrogens is 374 g/mol. The zero-order chi connectivity index (χ0) is 17.3. The van der Waals surface area contributed by atoms with Crippen LogP contribution in [0.4, 0.5) is 0 Å². The molecule has 0 N–H and O–H groups in total. The minimum absolute atomic E-state index is 0.0861. The molecule has 1 saturated heterocycles. The fourth-order valence-electron chi connectivity index (χ4n) is 3.32. The molecule has 2 heterocycles. The van der Waals surface area contributed by atoms with Crippen molar-refractivity contribution in [1.29, 1.82) is 0 Å². The summed E-state index contributed by atoms with van der Waals surface area (Å²) in [6.45, 7) is 2.76. The number of fused-ring (bicyclic) bond motifs is 1. The molecule has 0 spiro atoms. The molecular formula is C18H20BrNO4. The molecule has 1 amide bonds. The van der Waals surface area contributed by atoms with E-state index in [1.807, 2.05) is 11.0 Å². The van der Waals surface area contributed by atoms with Gasteiger partial charge in [-0.05, 0) is 43.9 Å². The summed E-state index contributed by atoms with van der Waals surface area (Å²) in [5.41, 5.74) is -0.176. The van der Waals surface area contributed by atoms with Crippen molar-refractivity contribution in [3.05, 3.63) is 38.7 Å². The number of hydrogen-bond donors (Lipinski definition) is 0. The lowest BCUT2D eigenvalue weighted by atomic mass is 9.99. The van der Waals surface area contributed by atoms with Gasteiger partial charge in [0.25, 0.3) is 5.91 Å². The highest BCUT2D eigenvalue weighted by Gasteiger charge is 2.28. The second kappa shape index (κ2) is 6.97. The lowest BCUT2D eigenvalue weighted by molar-refractivity contribution is 0.0604. The third kappa shape index (κ3) is 3.07. The third-order valence-corrected chi connectivity index (χ3v) is 5.03. The first-order valence-corrected chi connectivity index (χ1v) is 8.96. The number of benzene rings is 1. The number of nitrogens with zero attached hydrogens (tertiary/aromatic N) is 1. The van der Waals surface area contributed by atoms with E-state index in [-0.39, 0.29) is 17.5 Å². The lowest BCUT2D eigenvalue weighted by Gasteiger charge is -2.35. The molecule has 1 unspecified atom stereocenters. The number of ether oxygens (including phenoxy) is 1. The Morgan fingerprint density at radius 2 is 2.17 bits per heavy atom. The molecule has 0 bridgehead atoms. The first kappa shape index (κ1) is 17.0.